The van der Waals surface area contributed by atoms with E-state index in [1.807, 2.05) is 11.7 Å². The summed E-state index contributed by atoms with van der Waals surface area (Å²) in [5, 5.41) is 5.11. The average molecular weight is 293 g/mol. The maximum absolute atomic E-state index is 6.39. The van der Waals surface area contributed by atoms with E-state index in [1.54, 1.807) is 0 Å². The van der Waals surface area contributed by atoms with E-state index >= 15 is 0 Å². The molecule has 0 N–H and O–H groups in total. The van der Waals surface area contributed by atoms with Gasteiger partial charge in [-0.25, -0.2) is 9.97 Å². The summed E-state index contributed by atoms with van der Waals surface area (Å²) >= 11 is 6.39. The molecule has 0 bridgehead atoms. The molecule has 2 heterocycles. The first kappa shape index (κ1) is 13.8. The second kappa shape index (κ2) is 5.68. The Balaban J connectivity index is 2.08. The van der Waals surface area contributed by atoms with Crippen LogP contribution in [-0.2, 0) is 13.5 Å². The number of hydrogen-bond acceptors (Lipinski definition) is 3. The lowest BCUT2D eigenvalue weighted by Crippen LogP contribution is -2.09. The SMILES string of the molecule is CCCc1nn(C)c2c(Cl)nc(C3CCCCC3)nc12. The third-order valence-corrected chi connectivity index (χ3v) is 4.45. The molecule has 1 aliphatic rings. The van der Waals surface area contributed by atoms with E-state index in [-0.39, 0.29) is 0 Å². The molecule has 0 spiro atoms. The molecule has 4 nitrogen and oxygen atoms in total. The summed E-state index contributed by atoms with van der Waals surface area (Å²) in [6.45, 7) is 2.16. The quantitative estimate of drug-likeness (QED) is 0.803. The largest absolute Gasteiger partial charge is 0.263 e. The van der Waals surface area contributed by atoms with Crippen LogP contribution in [0.25, 0.3) is 11.0 Å². The predicted molar refractivity (Wildman–Crippen MR) is 81.1 cm³/mol. The zero-order chi connectivity index (χ0) is 14.1. The van der Waals surface area contributed by atoms with Gasteiger partial charge in [0.05, 0.1) is 5.69 Å². The van der Waals surface area contributed by atoms with Crippen molar-refractivity contribution < 1.29 is 0 Å². The summed E-state index contributed by atoms with van der Waals surface area (Å²) in [6, 6.07) is 0. The van der Waals surface area contributed by atoms with Crippen LogP contribution in [0.2, 0.25) is 5.15 Å². The highest BCUT2D eigenvalue weighted by atomic mass is 35.5. The third-order valence-electron chi connectivity index (χ3n) is 4.18. The Kier molecular flexibility index (Phi) is 3.92. The number of rotatable bonds is 3. The van der Waals surface area contributed by atoms with Gasteiger partial charge in [0, 0.05) is 13.0 Å². The fourth-order valence-corrected chi connectivity index (χ4v) is 3.46. The molecule has 20 heavy (non-hydrogen) atoms. The van der Waals surface area contributed by atoms with Gasteiger partial charge in [-0.3, -0.25) is 4.68 Å². The van der Waals surface area contributed by atoms with Gasteiger partial charge in [-0.2, -0.15) is 5.10 Å². The van der Waals surface area contributed by atoms with Gasteiger partial charge in [-0.1, -0.05) is 44.2 Å². The zero-order valence-corrected chi connectivity index (χ0v) is 12.9. The van der Waals surface area contributed by atoms with Crippen LogP contribution < -0.4 is 0 Å². The Morgan fingerprint density at radius 1 is 1.20 bits per heavy atom. The average Bonchev–Trinajstić information content (AvgIpc) is 2.77. The van der Waals surface area contributed by atoms with Crippen LogP contribution >= 0.6 is 11.6 Å². The molecule has 0 aromatic carbocycles. The van der Waals surface area contributed by atoms with E-state index in [2.05, 4.69) is 17.0 Å². The molecule has 1 saturated carbocycles. The summed E-state index contributed by atoms with van der Waals surface area (Å²) in [6.07, 6.45) is 8.26. The summed E-state index contributed by atoms with van der Waals surface area (Å²) in [4.78, 5) is 9.37. The van der Waals surface area contributed by atoms with Gasteiger partial charge in [0.1, 0.15) is 16.9 Å². The van der Waals surface area contributed by atoms with Gasteiger partial charge in [0.15, 0.2) is 5.15 Å². The van der Waals surface area contributed by atoms with Crippen molar-refractivity contribution in [3.8, 4) is 0 Å². The van der Waals surface area contributed by atoms with Crippen molar-refractivity contribution in [2.75, 3.05) is 0 Å². The molecule has 0 saturated heterocycles. The first-order valence-electron chi connectivity index (χ1n) is 7.59. The number of nitrogens with zero attached hydrogens (tertiary/aromatic N) is 4. The van der Waals surface area contributed by atoms with Crippen LogP contribution in [0.4, 0.5) is 0 Å². The second-order valence-corrected chi connectivity index (χ2v) is 6.08. The molecular formula is C15H21ClN4. The number of fused-ring (bicyclic) bond motifs is 1. The number of aromatic nitrogens is 4. The van der Waals surface area contributed by atoms with Gasteiger partial charge in [0.2, 0.25) is 0 Å². The maximum atomic E-state index is 6.39. The molecule has 0 aliphatic heterocycles. The fourth-order valence-electron chi connectivity index (χ4n) is 3.16. The third kappa shape index (κ3) is 2.41. The molecule has 1 aliphatic carbocycles. The van der Waals surface area contributed by atoms with Crippen molar-refractivity contribution in [2.24, 2.45) is 7.05 Å². The van der Waals surface area contributed by atoms with Crippen molar-refractivity contribution in [1.82, 2.24) is 19.7 Å². The van der Waals surface area contributed by atoms with Crippen molar-refractivity contribution in [2.45, 2.75) is 57.8 Å². The molecule has 108 valence electrons. The van der Waals surface area contributed by atoms with E-state index < -0.39 is 0 Å². The van der Waals surface area contributed by atoms with Crippen LogP contribution in [-0.4, -0.2) is 19.7 Å². The lowest BCUT2D eigenvalue weighted by Gasteiger charge is -2.20. The minimum atomic E-state index is 0.473. The van der Waals surface area contributed by atoms with Crippen LogP contribution in [0.5, 0.6) is 0 Å². The van der Waals surface area contributed by atoms with Gasteiger partial charge in [0.25, 0.3) is 0 Å². The minimum absolute atomic E-state index is 0.473. The fraction of sp³-hybridized carbons (Fsp3) is 0.667. The Morgan fingerprint density at radius 3 is 2.65 bits per heavy atom. The molecule has 0 amide bonds. The summed E-state index contributed by atoms with van der Waals surface area (Å²) in [5.41, 5.74) is 2.87. The zero-order valence-electron chi connectivity index (χ0n) is 12.2. The van der Waals surface area contributed by atoms with E-state index in [0.29, 0.717) is 11.1 Å². The molecule has 0 unspecified atom stereocenters. The highest BCUT2D eigenvalue weighted by molar-refractivity contribution is 6.33. The standard InChI is InChI=1S/C15H21ClN4/c1-3-7-11-12-13(20(2)19-11)14(16)18-15(17-12)10-8-5-4-6-9-10/h10H,3-9H2,1-2H3. The topological polar surface area (TPSA) is 43.6 Å². The molecule has 0 atom stereocenters. The first-order chi connectivity index (χ1) is 9.70. The van der Waals surface area contributed by atoms with Crippen LogP contribution in [0.3, 0.4) is 0 Å². The molecular weight excluding hydrogens is 272 g/mol. The van der Waals surface area contributed by atoms with E-state index in [1.165, 1.54) is 32.1 Å². The van der Waals surface area contributed by atoms with Gasteiger partial charge < -0.3 is 0 Å². The molecule has 2 aromatic rings. The van der Waals surface area contributed by atoms with Crippen molar-refractivity contribution >= 4 is 22.6 Å². The highest BCUT2D eigenvalue weighted by Gasteiger charge is 2.22. The lowest BCUT2D eigenvalue weighted by molar-refractivity contribution is 0.429. The molecule has 0 radical (unpaired) electrons. The Labute approximate surface area is 124 Å². The van der Waals surface area contributed by atoms with Crippen molar-refractivity contribution in [1.29, 1.82) is 0 Å². The number of aryl methyl sites for hydroxylation is 2. The Hall–Kier alpha value is -1.16. The Bertz CT molecular complexity index is 614. The van der Waals surface area contributed by atoms with Crippen molar-refractivity contribution in [3.63, 3.8) is 0 Å². The normalized spacial score (nSPS) is 16.9. The number of halogens is 1. The van der Waals surface area contributed by atoms with Gasteiger partial charge in [-0.05, 0) is 19.3 Å². The lowest BCUT2D eigenvalue weighted by atomic mass is 9.88. The van der Waals surface area contributed by atoms with Crippen LogP contribution in [0, 0.1) is 0 Å². The maximum Gasteiger partial charge on any atom is 0.158 e. The monoisotopic (exact) mass is 292 g/mol. The predicted octanol–water partition coefficient (Wildman–Crippen LogP) is 4.02. The first-order valence-corrected chi connectivity index (χ1v) is 7.97. The minimum Gasteiger partial charge on any atom is -0.263 e. The van der Waals surface area contributed by atoms with E-state index in [4.69, 9.17) is 16.6 Å². The van der Waals surface area contributed by atoms with E-state index in [9.17, 15) is 0 Å². The second-order valence-electron chi connectivity index (χ2n) is 5.73. The Morgan fingerprint density at radius 2 is 1.95 bits per heavy atom. The summed E-state index contributed by atoms with van der Waals surface area (Å²) in [5.74, 6) is 1.40. The van der Waals surface area contributed by atoms with E-state index in [0.717, 1.165) is 35.4 Å². The smallest absolute Gasteiger partial charge is 0.158 e. The van der Waals surface area contributed by atoms with Crippen LogP contribution in [0.1, 0.15) is 62.9 Å². The van der Waals surface area contributed by atoms with Gasteiger partial charge >= 0.3 is 0 Å². The van der Waals surface area contributed by atoms with Crippen LogP contribution in [0.15, 0.2) is 0 Å². The molecule has 3 rings (SSSR count). The summed E-state index contributed by atoms with van der Waals surface area (Å²) in [7, 11) is 1.91. The molecule has 2 aromatic heterocycles. The van der Waals surface area contributed by atoms with Crippen molar-refractivity contribution in [3.05, 3.63) is 16.7 Å². The number of hydrogen-bond donors (Lipinski definition) is 0. The summed E-state index contributed by atoms with van der Waals surface area (Å²) < 4.78 is 1.81. The molecule has 1 fully saturated rings. The molecule has 5 heteroatoms. The highest BCUT2D eigenvalue weighted by Crippen LogP contribution is 2.33. The van der Waals surface area contributed by atoms with Gasteiger partial charge in [-0.15, -0.1) is 0 Å².